The van der Waals surface area contributed by atoms with Crippen LogP contribution in [0.15, 0.2) is 42.1 Å². The number of hydrogen-bond donors (Lipinski definition) is 1. The molecule has 1 unspecified atom stereocenters. The summed E-state index contributed by atoms with van der Waals surface area (Å²) in [6.07, 6.45) is 16.1. The zero-order valence-corrected chi connectivity index (χ0v) is 13.5. The molecule has 0 aromatic rings. The van der Waals surface area contributed by atoms with Gasteiger partial charge in [0.15, 0.2) is 0 Å². The molecular formula is C19H28N2O. The van der Waals surface area contributed by atoms with Crippen LogP contribution >= 0.6 is 0 Å². The molecule has 2 aliphatic rings. The van der Waals surface area contributed by atoms with Crippen molar-refractivity contribution in [3.8, 4) is 0 Å². The maximum atomic E-state index is 12.0. The minimum Gasteiger partial charge on any atom is -0.267 e. The van der Waals surface area contributed by atoms with Crippen LogP contribution in [-0.2, 0) is 4.79 Å². The molecule has 2 aliphatic carbocycles. The van der Waals surface area contributed by atoms with Crippen molar-refractivity contribution in [2.45, 2.75) is 57.8 Å². The Hall–Kier alpha value is -1.64. The van der Waals surface area contributed by atoms with E-state index in [0.717, 1.165) is 30.4 Å². The van der Waals surface area contributed by atoms with Gasteiger partial charge >= 0.3 is 0 Å². The van der Waals surface area contributed by atoms with Crippen molar-refractivity contribution in [3.05, 3.63) is 37.0 Å². The normalized spacial score (nSPS) is 25.7. The number of nitrogens with zero attached hydrogens (tertiary/aromatic N) is 1. The van der Waals surface area contributed by atoms with Crippen molar-refractivity contribution < 1.29 is 4.79 Å². The number of hydrogen-bond acceptors (Lipinski definition) is 2. The molecule has 1 atom stereocenters. The van der Waals surface area contributed by atoms with Gasteiger partial charge < -0.3 is 0 Å². The number of carbonyl (C=O) groups excluding carboxylic acids is 1. The SMILES string of the molecule is C=C/C=C(\C=C)C(=O)N/N=C1\CCCCC(C2CCC2)CC1. The van der Waals surface area contributed by atoms with Gasteiger partial charge in [0, 0.05) is 11.3 Å². The van der Waals surface area contributed by atoms with Crippen LogP contribution < -0.4 is 5.43 Å². The smallest absolute Gasteiger partial charge is 0.267 e. The molecule has 0 aliphatic heterocycles. The van der Waals surface area contributed by atoms with E-state index < -0.39 is 0 Å². The van der Waals surface area contributed by atoms with E-state index in [0.29, 0.717) is 5.57 Å². The first-order valence-corrected chi connectivity index (χ1v) is 8.55. The van der Waals surface area contributed by atoms with Crippen LogP contribution in [0.1, 0.15) is 57.8 Å². The third-order valence-corrected chi connectivity index (χ3v) is 5.01. The van der Waals surface area contributed by atoms with E-state index in [1.807, 2.05) is 0 Å². The van der Waals surface area contributed by atoms with Crippen LogP contribution in [0.25, 0.3) is 0 Å². The number of allylic oxidation sites excluding steroid dienone is 2. The summed E-state index contributed by atoms with van der Waals surface area (Å²) in [5.41, 5.74) is 4.31. The molecule has 120 valence electrons. The van der Waals surface area contributed by atoms with Gasteiger partial charge in [-0.1, -0.05) is 63.5 Å². The van der Waals surface area contributed by atoms with Gasteiger partial charge in [-0.05, 0) is 37.5 Å². The third-order valence-electron chi connectivity index (χ3n) is 5.01. The van der Waals surface area contributed by atoms with Crippen molar-refractivity contribution in [3.63, 3.8) is 0 Å². The molecule has 3 heteroatoms. The minimum atomic E-state index is -0.208. The summed E-state index contributed by atoms with van der Waals surface area (Å²) in [5.74, 6) is 1.62. The van der Waals surface area contributed by atoms with E-state index in [1.54, 1.807) is 12.2 Å². The predicted molar refractivity (Wildman–Crippen MR) is 92.6 cm³/mol. The predicted octanol–water partition coefficient (Wildman–Crippen LogP) is 4.53. The van der Waals surface area contributed by atoms with E-state index in [1.165, 1.54) is 51.0 Å². The molecule has 0 heterocycles. The Kier molecular flexibility index (Phi) is 6.63. The van der Waals surface area contributed by atoms with E-state index >= 15 is 0 Å². The zero-order chi connectivity index (χ0) is 15.8. The van der Waals surface area contributed by atoms with Crippen molar-refractivity contribution in [2.75, 3.05) is 0 Å². The van der Waals surface area contributed by atoms with E-state index in [-0.39, 0.29) is 5.91 Å². The number of carbonyl (C=O) groups is 1. The van der Waals surface area contributed by atoms with Gasteiger partial charge in [0.25, 0.3) is 5.91 Å². The number of nitrogens with one attached hydrogen (secondary N) is 1. The molecule has 1 N–H and O–H groups in total. The molecule has 0 radical (unpaired) electrons. The number of amides is 1. The lowest BCUT2D eigenvalue weighted by Gasteiger charge is -2.35. The second-order valence-electron chi connectivity index (χ2n) is 6.42. The summed E-state index contributed by atoms with van der Waals surface area (Å²) < 4.78 is 0. The molecular weight excluding hydrogens is 272 g/mol. The van der Waals surface area contributed by atoms with Crippen LogP contribution in [-0.4, -0.2) is 11.6 Å². The van der Waals surface area contributed by atoms with E-state index in [9.17, 15) is 4.79 Å². The highest BCUT2D eigenvalue weighted by atomic mass is 16.2. The molecule has 0 bridgehead atoms. The van der Waals surface area contributed by atoms with E-state index in [2.05, 4.69) is 23.7 Å². The Morgan fingerprint density at radius 1 is 1.05 bits per heavy atom. The standard InChI is InChI=1S/C19H28N2O/c1-3-8-15(4-2)19(22)21-20-18-12-6-5-9-17(13-14-18)16-10-7-11-16/h3-4,8,16-17H,1-2,5-7,9-14H2,(H,21,22)/b15-8+,20-18+. The van der Waals surface area contributed by atoms with Gasteiger partial charge in [-0.2, -0.15) is 5.10 Å². The topological polar surface area (TPSA) is 41.5 Å². The monoisotopic (exact) mass is 300 g/mol. The fraction of sp³-hybridized carbons (Fsp3) is 0.579. The largest absolute Gasteiger partial charge is 0.271 e. The average molecular weight is 300 g/mol. The van der Waals surface area contributed by atoms with Gasteiger partial charge in [-0.3, -0.25) is 4.79 Å². The maximum absolute atomic E-state index is 12.0. The molecule has 2 fully saturated rings. The first-order valence-electron chi connectivity index (χ1n) is 8.55. The molecule has 0 aromatic heterocycles. The third kappa shape index (κ3) is 4.69. The second-order valence-corrected chi connectivity index (χ2v) is 6.42. The Balaban J connectivity index is 1.89. The highest BCUT2D eigenvalue weighted by Crippen LogP contribution is 2.39. The van der Waals surface area contributed by atoms with Crippen molar-refractivity contribution in [1.82, 2.24) is 5.43 Å². The first kappa shape index (κ1) is 16.7. The van der Waals surface area contributed by atoms with Gasteiger partial charge in [0.05, 0.1) is 0 Å². The molecule has 1 amide bonds. The lowest BCUT2D eigenvalue weighted by atomic mass is 9.71. The maximum Gasteiger partial charge on any atom is 0.271 e. The lowest BCUT2D eigenvalue weighted by molar-refractivity contribution is -0.117. The molecule has 0 spiro atoms. The van der Waals surface area contributed by atoms with Crippen LogP contribution in [0, 0.1) is 11.8 Å². The molecule has 2 rings (SSSR count). The highest BCUT2D eigenvalue weighted by Gasteiger charge is 2.27. The fourth-order valence-corrected chi connectivity index (χ4v) is 3.41. The molecule has 2 saturated carbocycles. The van der Waals surface area contributed by atoms with Crippen LogP contribution in [0.5, 0.6) is 0 Å². The van der Waals surface area contributed by atoms with Crippen LogP contribution in [0.4, 0.5) is 0 Å². The van der Waals surface area contributed by atoms with Crippen LogP contribution in [0.3, 0.4) is 0 Å². The van der Waals surface area contributed by atoms with Gasteiger partial charge in [0.2, 0.25) is 0 Å². The first-order chi connectivity index (χ1) is 10.7. The van der Waals surface area contributed by atoms with Crippen molar-refractivity contribution >= 4 is 11.6 Å². The lowest BCUT2D eigenvalue weighted by Crippen LogP contribution is -2.25. The van der Waals surface area contributed by atoms with Gasteiger partial charge in [-0.15, -0.1) is 0 Å². The van der Waals surface area contributed by atoms with Crippen molar-refractivity contribution in [1.29, 1.82) is 0 Å². The molecule has 22 heavy (non-hydrogen) atoms. The summed E-state index contributed by atoms with van der Waals surface area (Å²) in [6, 6.07) is 0. The van der Waals surface area contributed by atoms with Crippen LogP contribution in [0.2, 0.25) is 0 Å². The Labute approximate surface area is 134 Å². The highest BCUT2D eigenvalue weighted by molar-refractivity contribution is 5.97. The van der Waals surface area contributed by atoms with Crippen molar-refractivity contribution in [2.24, 2.45) is 16.9 Å². The summed E-state index contributed by atoms with van der Waals surface area (Å²) in [4.78, 5) is 12.0. The quantitative estimate of drug-likeness (QED) is 0.452. The Morgan fingerprint density at radius 2 is 1.77 bits per heavy atom. The second kappa shape index (κ2) is 8.72. The number of rotatable bonds is 5. The van der Waals surface area contributed by atoms with Gasteiger partial charge in [-0.25, -0.2) is 5.43 Å². The zero-order valence-electron chi connectivity index (χ0n) is 13.5. The van der Waals surface area contributed by atoms with E-state index in [4.69, 9.17) is 0 Å². The summed E-state index contributed by atoms with van der Waals surface area (Å²) in [7, 11) is 0. The summed E-state index contributed by atoms with van der Waals surface area (Å²) >= 11 is 0. The minimum absolute atomic E-state index is 0.208. The summed E-state index contributed by atoms with van der Waals surface area (Å²) in [5, 5.41) is 4.37. The molecule has 0 aromatic carbocycles. The number of hydrazone groups is 1. The Morgan fingerprint density at radius 3 is 2.41 bits per heavy atom. The Bertz CT molecular complexity index is 472. The molecule has 0 saturated heterocycles. The summed E-state index contributed by atoms with van der Waals surface area (Å²) in [6.45, 7) is 7.24. The molecule has 3 nitrogen and oxygen atoms in total. The average Bonchev–Trinajstić information content (AvgIpc) is 2.44. The van der Waals surface area contributed by atoms with Gasteiger partial charge in [0.1, 0.15) is 0 Å². The fourth-order valence-electron chi connectivity index (χ4n) is 3.41.